The largest absolute Gasteiger partial charge is 0.627 e. The van der Waals surface area contributed by atoms with Crippen LogP contribution < -0.4 is 5.06 Å². The van der Waals surface area contributed by atoms with Gasteiger partial charge in [0.25, 0.3) is 0 Å². The van der Waals surface area contributed by atoms with Gasteiger partial charge in [-0.25, -0.2) is 4.79 Å². The van der Waals surface area contributed by atoms with Gasteiger partial charge in [-0.05, 0) is 0 Å². The van der Waals surface area contributed by atoms with E-state index in [0.717, 1.165) is 0 Å². The monoisotopic (exact) mass is 127 g/mol. The van der Waals surface area contributed by atoms with E-state index in [4.69, 9.17) is 0 Å². The fourth-order valence-corrected chi connectivity index (χ4v) is 0.905. The van der Waals surface area contributed by atoms with Crippen molar-refractivity contribution >= 4 is 5.91 Å². The Morgan fingerprint density at radius 1 is 2.00 bits per heavy atom. The number of rotatable bonds is 2. The Kier molecular flexibility index (Phi) is 1.64. The van der Waals surface area contributed by atoms with Gasteiger partial charge in [-0.3, -0.25) is 0 Å². The van der Waals surface area contributed by atoms with Crippen molar-refractivity contribution in [2.24, 2.45) is 0 Å². The molecule has 50 valence electrons. The van der Waals surface area contributed by atoms with E-state index in [1.54, 1.807) is 6.08 Å². The number of β-lactam (4-membered cyclic amide) rings is 1. The summed E-state index contributed by atoms with van der Waals surface area (Å²) < 4.78 is 0. The summed E-state index contributed by atoms with van der Waals surface area (Å²) >= 11 is 0. The zero-order chi connectivity index (χ0) is 6.85. The molecule has 1 amide bonds. The van der Waals surface area contributed by atoms with Crippen LogP contribution >= 0.6 is 0 Å². The summed E-state index contributed by atoms with van der Waals surface area (Å²) in [5, 5.41) is 10.3. The van der Waals surface area contributed by atoms with E-state index in [9.17, 15) is 10.0 Å². The van der Waals surface area contributed by atoms with Crippen LogP contribution in [0.5, 0.6) is 0 Å². The topological polar surface area (TPSA) is 44.6 Å². The lowest BCUT2D eigenvalue weighted by Gasteiger charge is -2.36. The molecule has 3 heteroatoms. The highest BCUT2D eigenvalue weighted by molar-refractivity contribution is 5.72. The number of hydrogen-bond donors (Lipinski definition) is 1. The molecule has 2 unspecified atom stereocenters. The Morgan fingerprint density at radius 2 is 2.67 bits per heavy atom. The highest BCUT2D eigenvalue weighted by Gasteiger charge is 2.35. The second kappa shape index (κ2) is 2.29. The first kappa shape index (κ1) is 6.45. The summed E-state index contributed by atoms with van der Waals surface area (Å²) in [6.07, 6.45) is 2.77. The lowest BCUT2D eigenvalue weighted by Crippen LogP contribution is -3.20. The van der Waals surface area contributed by atoms with Crippen molar-refractivity contribution in [1.82, 2.24) is 0 Å². The molecule has 0 saturated carbocycles. The smallest absolute Gasteiger partial charge is 0.318 e. The predicted octanol–water partition coefficient (Wildman–Crippen LogP) is -0.756. The first-order chi connectivity index (χ1) is 4.25. The maximum Gasteiger partial charge on any atom is 0.318 e. The SMILES string of the molecule is C=CCC1CC(=O)[NH+]1[O-]. The fraction of sp³-hybridized carbons (Fsp3) is 0.500. The van der Waals surface area contributed by atoms with Crippen LogP contribution in [-0.2, 0) is 4.79 Å². The van der Waals surface area contributed by atoms with E-state index in [2.05, 4.69) is 6.58 Å². The summed E-state index contributed by atoms with van der Waals surface area (Å²) in [5.74, 6) is -0.221. The van der Waals surface area contributed by atoms with E-state index >= 15 is 0 Å². The summed E-state index contributed by atoms with van der Waals surface area (Å²) in [4.78, 5) is 10.3. The molecule has 1 heterocycles. The minimum Gasteiger partial charge on any atom is -0.627 e. The van der Waals surface area contributed by atoms with Crippen molar-refractivity contribution in [3.05, 3.63) is 17.9 Å². The minimum atomic E-state index is -0.221. The third kappa shape index (κ3) is 1.01. The number of hydroxylamine groups is 2. The van der Waals surface area contributed by atoms with E-state index < -0.39 is 0 Å². The van der Waals surface area contributed by atoms with Gasteiger partial charge in [0.15, 0.2) is 0 Å². The zero-order valence-electron chi connectivity index (χ0n) is 5.09. The molecule has 0 bridgehead atoms. The second-order valence-electron chi connectivity index (χ2n) is 2.21. The fourth-order valence-electron chi connectivity index (χ4n) is 0.905. The van der Waals surface area contributed by atoms with Crippen LogP contribution in [0.3, 0.4) is 0 Å². The number of amides is 1. The maximum atomic E-state index is 10.6. The van der Waals surface area contributed by atoms with Crippen molar-refractivity contribution in [3.63, 3.8) is 0 Å². The Bertz CT molecular complexity index is 142. The van der Waals surface area contributed by atoms with Crippen molar-refractivity contribution in [2.75, 3.05) is 0 Å². The minimum absolute atomic E-state index is 0.0324. The number of hydrogen-bond acceptors (Lipinski definition) is 2. The van der Waals surface area contributed by atoms with E-state index in [1.165, 1.54) is 0 Å². The van der Waals surface area contributed by atoms with Crippen LogP contribution in [0.15, 0.2) is 12.7 Å². The Hall–Kier alpha value is -0.670. The molecule has 0 aromatic rings. The quantitative estimate of drug-likeness (QED) is 0.301. The summed E-state index contributed by atoms with van der Waals surface area (Å²) in [5.41, 5.74) is 0. The summed E-state index contributed by atoms with van der Waals surface area (Å²) in [6, 6.07) is -0.0324. The van der Waals surface area contributed by atoms with Crippen molar-refractivity contribution in [2.45, 2.75) is 18.9 Å². The highest BCUT2D eigenvalue weighted by Crippen LogP contribution is 2.01. The average molecular weight is 127 g/mol. The van der Waals surface area contributed by atoms with Crippen LogP contribution in [0.2, 0.25) is 0 Å². The van der Waals surface area contributed by atoms with Gasteiger partial charge in [-0.2, -0.15) is 0 Å². The molecule has 0 aliphatic carbocycles. The molecule has 1 aliphatic heterocycles. The predicted molar refractivity (Wildman–Crippen MR) is 32.6 cm³/mol. The maximum absolute atomic E-state index is 10.6. The standard InChI is InChI=1S/C6H9NO2/c1-2-3-5-4-6(8)7(5)9/h2,5,7H,1,3-4H2. The molecule has 1 fully saturated rings. The van der Waals surface area contributed by atoms with Crippen LogP contribution in [0, 0.1) is 5.21 Å². The number of carbonyl (C=O) groups is 1. The number of quaternary nitrogens is 1. The number of carbonyl (C=O) groups excluding carboxylic acids is 1. The molecule has 1 N–H and O–H groups in total. The molecule has 1 saturated heterocycles. The molecule has 0 radical (unpaired) electrons. The summed E-state index contributed by atoms with van der Waals surface area (Å²) in [7, 11) is 0. The lowest BCUT2D eigenvalue weighted by molar-refractivity contribution is -0.826. The lowest BCUT2D eigenvalue weighted by atomic mass is 10.0. The zero-order valence-corrected chi connectivity index (χ0v) is 5.09. The van der Waals surface area contributed by atoms with Gasteiger partial charge >= 0.3 is 5.91 Å². The first-order valence-corrected chi connectivity index (χ1v) is 2.93. The molecule has 0 aromatic heterocycles. The van der Waals surface area contributed by atoms with E-state index in [-0.39, 0.29) is 17.0 Å². The van der Waals surface area contributed by atoms with Crippen molar-refractivity contribution in [1.29, 1.82) is 0 Å². The normalized spacial score (nSPS) is 33.7. The van der Waals surface area contributed by atoms with Gasteiger partial charge in [0.2, 0.25) is 0 Å². The molecular weight excluding hydrogens is 118 g/mol. The van der Waals surface area contributed by atoms with E-state index in [1.807, 2.05) is 0 Å². The third-order valence-corrected chi connectivity index (χ3v) is 1.53. The molecule has 1 aliphatic rings. The van der Waals surface area contributed by atoms with Crippen molar-refractivity contribution in [3.8, 4) is 0 Å². The van der Waals surface area contributed by atoms with Gasteiger partial charge in [0.1, 0.15) is 12.5 Å². The van der Waals surface area contributed by atoms with Gasteiger partial charge in [0.05, 0.1) is 0 Å². The Balaban J connectivity index is 2.32. The van der Waals surface area contributed by atoms with E-state index in [0.29, 0.717) is 12.8 Å². The molecule has 0 aromatic carbocycles. The van der Waals surface area contributed by atoms with Crippen LogP contribution in [-0.4, -0.2) is 11.9 Å². The van der Waals surface area contributed by atoms with Crippen LogP contribution in [0.1, 0.15) is 12.8 Å². The average Bonchev–Trinajstić information content (AvgIpc) is 1.88. The highest BCUT2D eigenvalue weighted by atomic mass is 16.5. The summed E-state index contributed by atoms with van der Waals surface area (Å²) in [6.45, 7) is 3.48. The number of nitrogens with one attached hydrogen (secondary N) is 1. The van der Waals surface area contributed by atoms with Gasteiger partial charge in [-0.15, -0.1) is 6.58 Å². The molecular formula is C6H9NO2. The van der Waals surface area contributed by atoms with Crippen LogP contribution in [0.4, 0.5) is 0 Å². The third-order valence-electron chi connectivity index (χ3n) is 1.53. The van der Waals surface area contributed by atoms with Gasteiger partial charge in [0, 0.05) is 6.42 Å². The molecule has 0 spiro atoms. The van der Waals surface area contributed by atoms with Gasteiger partial charge in [-0.1, -0.05) is 6.08 Å². The second-order valence-corrected chi connectivity index (χ2v) is 2.21. The first-order valence-electron chi connectivity index (χ1n) is 2.93. The van der Waals surface area contributed by atoms with Crippen LogP contribution in [0.25, 0.3) is 0 Å². The van der Waals surface area contributed by atoms with Crippen molar-refractivity contribution < 1.29 is 9.86 Å². The molecule has 9 heavy (non-hydrogen) atoms. The molecule has 2 atom stereocenters. The molecule has 1 rings (SSSR count). The Labute approximate surface area is 53.5 Å². The van der Waals surface area contributed by atoms with Gasteiger partial charge < -0.3 is 10.3 Å². The Morgan fingerprint density at radius 3 is 3.00 bits per heavy atom. The molecule has 3 nitrogen and oxygen atoms in total.